The largest absolute Gasteiger partial charge is 0.490 e. The molecule has 3 aliphatic rings. The lowest BCUT2D eigenvalue weighted by Gasteiger charge is -2.58. The number of ketones is 1. The van der Waals surface area contributed by atoms with E-state index in [-0.39, 0.29) is 23.1 Å². The summed E-state index contributed by atoms with van der Waals surface area (Å²) >= 11 is 6.20. The molecule has 1 aromatic carbocycles. The number of rotatable bonds is 6. The van der Waals surface area contributed by atoms with Crippen LogP contribution in [0, 0.1) is 16.6 Å². The van der Waals surface area contributed by atoms with Gasteiger partial charge in [-0.05, 0) is 31.4 Å². The van der Waals surface area contributed by atoms with Crippen molar-refractivity contribution in [3.05, 3.63) is 51.7 Å². The number of likely N-dealkylation sites (tertiary alicyclic amines) is 1. The van der Waals surface area contributed by atoms with E-state index in [1.54, 1.807) is 6.07 Å². The summed E-state index contributed by atoms with van der Waals surface area (Å²) in [5, 5.41) is 7.94. The van der Waals surface area contributed by atoms with E-state index in [4.69, 9.17) is 27.5 Å². The summed E-state index contributed by atoms with van der Waals surface area (Å²) in [6, 6.07) is 5.10. The number of nitrogens with one attached hydrogen (secondary N) is 1. The highest BCUT2D eigenvalue weighted by molar-refractivity contribution is 6.34. The van der Waals surface area contributed by atoms with Gasteiger partial charge in [-0.1, -0.05) is 11.6 Å². The number of anilines is 1. The molecule has 0 radical (unpaired) electrons. The third-order valence-corrected chi connectivity index (χ3v) is 7.07. The fourth-order valence-corrected chi connectivity index (χ4v) is 5.49. The first-order valence-corrected chi connectivity index (χ1v) is 11.2. The van der Waals surface area contributed by atoms with Crippen molar-refractivity contribution in [1.82, 2.24) is 9.47 Å². The van der Waals surface area contributed by atoms with Crippen LogP contribution >= 0.6 is 11.6 Å². The number of carbonyl (C=O) groups is 1. The number of hydrogen-bond acceptors (Lipinski definition) is 6. The van der Waals surface area contributed by atoms with Crippen LogP contribution < -0.4 is 15.8 Å². The zero-order valence-electron chi connectivity index (χ0n) is 17.6. The third-order valence-electron chi connectivity index (χ3n) is 6.75. The van der Waals surface area contributed by atoms with Gasteiger partial charge in [0.1, 0.15) is 11.6 Å². The van der Waals surface area contributed by atoms with Crippen molar-refractivity contribution in [3.8, 4) is 5.75 Å². The van der Waals surface area contributed by atoms with Gasteiger partial charge in [-0.25, -0.2) is 4.39 Å². The molecule has 2 heterocycles. The topological polar surface area (TPSA) is 96.7 Å². The van der Waals surface area contributed by atoms with E-state index in [2.05, 4.69) is 9.89 Å². The molecule has 168 valence electrons. The fourth-order valence-electron chi connectivity index (χ4n) is 5.20. The number of aromatic nitrogens is 1. The normalized spacial score (nSPS) is 20.2. The van der Waals surface area contributed by atoms with Crippen LogP contribution in [0.25, 0.3) is 0 Å². The number of carbonyl (C=O) groups excluding carboxylic acids is 1. The van der Waals surface area contributed by atoms with Crippen LogP contribution in [-0.2, 0) is 6.42 Å². The summed E-state index contributed by atoms with van der Waals surface area (Å²) in [6.45, 7) is 3.24. The Balaban J connectivity index is 1.11. The molecular weight excluding hydrogens is 433 g/mol. The number of nitrogens with zero attached hydrogens (tertiary/aromatic N) is 3. The van der Waals surface area contributed by atoms with Crippen LogP contribution in [0.2, 0.25) is 5.02 Å². The van der Waals surface area contributed by atoms with Gasteiger partial charge in [0.25, 0.3) is 0 Å². The number of fused-ring (bicyclic) bond motifs is 1. The predicted molar refractivity (Wildman–Crippen MR) is 120 cm³/mol. The smallest absolute Gasteiger partial charge is 0.165 e. The Morgan fingerprint density at radius 3 is 2.88 bits per heavy atom. The van der Waals surface area contributed by atoms with E-state index in [0.29, 0.717) is 35.4 Å². The van der Waals surface area contributed by atoms with E-state index in [0.717, 1.165) is 50.1 Å². The van der Waals surface area contributed by atoms with Gasteiger partial charge in [-0.15, -0.1) is 0 Å². The summed E-state index contributed by atoms with van der Waals surface area (Å²) in [5.74, 6) is 0.697. The van der Waals surface area contributed by atoms with Crippen LogP contribution in [0.15, 0.2) is 29.4 Å². The Bertz CT molecular complexity index is 1160. The molecule has 2 aromatic rings. The van der Waals surface area contributed by atoms with Crippen LogP contribution in [0.1, 0.15) is 35.2 Å². The first-order valence-electron chi connectivity index (χ1n) is 10.8. The minimum atomic E-state index is -0.489. The second-order valence-electron chi connectivity index (χ2n) is 9.03. The van der Waals surface area contributed by atoms with E-state index in [1.165, 1.54) is 16.8 Å². The summed E-state index contributed by atoms with van der Waals surface area (Å²) < 4.78 is 21.5. The Morgan fingerprint density at radius 2 is 2.12 bits per heavy atom. The molecular formula is C23H25ClFN5O2. The number of nitrogen functional groups attached to an aromatic ring is 1. The number of nitrogens with two attached hydrogens (primary N) is 1. The van der Waals surface area contributed by atoms with Gasteiger partial charge in [0.15, 0.2) is 11.6 Å². The Hall–Kier alpha value is -2.71. The van der Waals surface area contributed by atoms with Gasteiger partial charge in [-0.2, -0.15) is 0 Å². The minimum absolute atomic E-state index is 0.104. The second kappa shape index (κ2) is 8.01. The van der Waals surface area contributed by atoms with E-state index >= 15 is 0 Å². The zero-order valence-corrected chi connectivity index (χ0v) is 18.4. The maximum atomic E-state index is 14.0. The molecule has 1 aromatic heterocycles. The van der Waals surface area contributed by atoms with E-state index in [9.17, 15) is 9.18 Å². The Morgan fingerprint density at radius 1 is 1.34 bits per heavy atom. The molecule has 0 amide bonds. The maximum absolute atomic E-state index is 14.0. The molecule has 2 fully saturated rings. The summed E-state index contributed by atoms with van der Waals surface area (Å²) in [6.07, 6.45) is 5.50. The van der Waals surface area contributed by atoms with Crippen molar-refractivity contribution < 1.29 is 13.9 Å². The van der Waals surface area contributed by atoms with Crippen LogP contribution in [0.3, 0.4) is 0 Å². The van der Waals surface area contributed by atoms with Crippen LogP contribution in [0.5, 0.6) is 5.75 Å². The first kappa shape index (κ1) is 21.2. The molecule has 3 N–H and O–H groups in total. The highest BCUT2D eigenvalue weighted by atomic mass is 35.5. The Kier molecular flexibility index (Phi) is 5.29. The zero-order chi connectivity index (χ0) is 22.5. The van der Waals surface area contributed by atoms with Crippen molar-refractivity contribution in [2.24, 2.45) is 10.4 Å². The van der Waals surface area contributed by atoms with Crippen molar-refractivity contribution in [1.29, 1.82) is 5.41 Å². The minimum Gasteiger partial charge on any atom is -0.490 e. The monoisotopic (exact) mass is 457 g/mol. The summed E-state index contributed by atoms with van der Waals surface area (Å²) in [5.41, 5.74) is 7.68. The summed E-state index contributed by atoms with van der Waals surface area (Å²) in [7, 11) is 0. The number of hydrogen-bond donors (Lipinski definition) is 2. The van der Waals surface area contributed by atoms with E-state index < -0.39 is 5.82 Å². The SMILES string of the molecule is N=Cn1cc(F)c(=NCCN2CC3(CC(Oc4ccc(Cl)c5c4CCC5=O)C3)C2)cc1N. The molecule has 9 heteroatoms. The van der Waals surface area contributed by atoms with Crippen LogP contribution in [0.4, 0.5) is 10.2 Å². The third kappa shape index (κ3) is 3.71. The van der Waals surface area contributed by atoms with Crippen LogP contribution in [-0.4, -0.2) is 53.9 Å². The number of ether oxygens (including phenoxy) is 1. The average molecular weight is 458 g/mol. The second-order valence-corrected chi connectivity index (χ2v) is 9.44. The van der Waals surface area contributed by atoms with Gasteiger partial charge >= 0.3 is 0 Å². The molecule has 5 rings (SSSR count). The predicted octanol–water partition coefficient (Wildman–Crippen LogP) is 2.89. The number of halogens is 2. The number of pyridine rings is 1. The van der Waals surface area contributed by atoms with Gasteiger partial charge in [0.05, 0.1) is 29.4 Å². The number of Topliss-reactive ketones (excluding diaryl/α,β-unsaturated/α-hetero) is 1. The molecule has 2 aliphatic carbocycles. The first-order chi connectivity index (χ1) is 15.4. The molecule has 1 aliphatic heterocycles. The average Bonchev–Trinajstić information content (AvgIpc) is 3.11. The van der Waals surface area contributed by atoms with Crippen molar-refractivity contribution in [2.75, 3.05) is 31.9 Å². The molecule has 7 nitrogen and oxygen atoms in total. The van der Waals surface area contributed by atoms with Crippen molar-refractivity contribution >= 4 is 29.5 Å². The maximum Gasteiger partial charge on any atom is 0.165 e. The van der Waals surface area contributed by atoms with Gasteiger partial charge in [0, 0.05) is 54.9 Å². The molecule has 1 saturated heterocycles. The van der Waals surface area contributed by atoms with Crippen molar-refractivity contribution in [3.63, 3.8) is 0 Å². The molecule has 1 saturated carbocycles. The van der Waals surface area contributed by atoms with Crippen molar-refractivity contribution in [2.45, 2.75) is 31.8 Å². The highest BCUT2D eigenvalue weighted by Gasteiger charge is 2.53. The summed E-state index contributed by atoms with van der Waals surface area (Å²) in [4.78, 5) is 18.7. The van der Waals surface area contributed by atoms with Gasteiger partial charge in [-0.3, -0.25) is 19.8 Å². The standard InChI is InChI=1S/C23H25ClFN5O2/c24-16-2-4-20(15-1-3-19(31)22(15)16)32-14-8-23(9-14)11-29(12-23)6-5-28-18-7-21(27)30(13-26)10-17(18)25/h2,4,7,10,13-14,26H,1,3,5-6,8-9,11-12,27H2. The molecule has 32 heavy (non-hydrogen) atoms. The van der Waals surface area contributed by atoms with Gasteiger partial charge < -0.3 is 15.4 Å². The molecule has 0 bridgehead atoms. The number of benzene rings is 1. The van der Waals surface area contributed by atoms with E-state index in [1.807, 2.05) is 6.07 Å². The lowest BCUT2D eigenvalue weighted by atomic mass is 9.62. The molecule has 1 spiro atoms. The fraction of sp³-hybridized carbons (Fsp3) is 0.435. The van der Waals surface area contributed by atoms with Gasteiger partial charge in [0.2, 0.25) is 0 Å². The molecule has 0 atom stereocenters. The lowest BCUT2D eigenvalue weighted by molar-refractivity contribution is -0.117. The lowest BCUT2D eigenvalue weighted by Crippen LogP contribution is -2.64. The quantitative estimate of drug-likeness (QED) is 0.515. The Labute approximate surface area is 190 Å². The highest BCUT2D eigenvalue weighted by Crippen LogP contribution is 2.50. The molecule has 0 unspecified atom stereocenters.